The molecule has 0 saturated heterocycles. The number of aliphatic hydroxyl groups is 1. The Morgan fingerprint density at radius 1 is 1.00 bits per heavy atom. The van der Waals surface area contributed by atoms with Crippen LogP contribution in [-0.4, -0.2) is 12.2 Å². The van der Waals surface area contributed by atoms with E-state index >= 15 is 0 Å². The second-order valence-electron chi connectivity index (χ2n) is 4.70. The van der Waals surface area contributed by atoms with Crippen molar-refractivity contribution >= 4 is 5.69 Å². The largest absolute Gasteiger partial charge is 0.391 e. The maximum Gasteiger partial charge on any atom is 0.167 e. The summed E-state index contributed by atoms with van der Waals surface area (Å²) in [5, 5.41) is 11.9. The van der Waals surface area contributed by atoms with E-state index in [1.165, 1.54) is 7.11 Å². The minimum Gasteiger partial charge on any atom is -0.391 e. The quantitative estimate of drug-likeness (QED) is 0.804. The van der Waals surface area contributed by atoms with Crippen LogP contribution in [0.5, 0.6) is 0 Å². The van der Waals surface area contributed by atoms with Gasteiger partial charge in [-0.1, -0.05) is 30.3 Å². The smallest absolute Gasteiger partial charge is 0.167 e. The average Bonchev–Trinajstić information content (AvgIpc) is 2.54. The number of aliphatic hydroxyl groups excluding tert-OH is 1. The standard InChI is InChI=1S/C16H16F3NO2/c1-22-9-12-14(18)13(17)11(8-21)16(15(12)19)20-7-10-5-3-2-4-6-10/h2-6,20-21H,7-9H2,1H3. The molecule has 0 heterocycles. The van der Waals surface area contributed by atoms with Crippen LogP contribution in [0.4, 0.5) is 18.9 Å². The monoisotopic (exact) mass is 311 g/mol. The van der Waals surface area contributed by atoms with E-state index in [1.807, 2.05) is 18.2 Å². The molecule has 0 spiro atoms. The van der Waals surface area contributed by atoms with Gasteiger partial charge in [0.15, 0.2) is 17.5 Å². The molecular weight excluding hydrogens is 295 g/mol. The molecule has 0 unspecified atom stereocenters. The van der Waals surface area contributed by atoms with Gasteiger partial charge in [0.1, 0.15) is 0 Å². The van der Waals surface area contributed by atoms with Crippen molar-refractivity contribution in [3.05, 3.63) is 64.5 Å². The molecule has 0 atom stereocenters. The molecule has 0 fully saturated rings. The Labute approximate surface area is 126 Å². The lowest BCUT2D eigenvalue weighted by atomic mass is 10.1. The number of halogens is 3. The summed E-state index contributed by atoms with van der Waals surface area (Å²) >= 11 is 0. The van der Waals surface area contributed by atoms with E-state index in [0.29, 0.717) is 0 Å². The molecule has 0 aliphatic carbocycles. The van der Waals surface area contributed by atoms with Gasteiger partial charge in [-0.2, -0.15) is 0 Å². The molecule has 0 aliphatic heterocycles. The molecule has 6 heteroatoms. The van der Waals surface area contributed by atoms with Crippen molar-refractivity contribution in [2.75, 3.05) is 12.4 Å². The highest BCUT2D eigenvalue weighted by Crippen LogP contribution is 2.30. The molecule has 3 nitrogen and oxygen atoms in total. The first-order valence-corrected chi connectivity index (χ1v) is 6.65. The third-order valence-electron chi connectivity index (χ3n) is 3.27. The topological polar surface area (TPSA) is 41.5 Å². The van der Waals surface area contributed by atoms with E-state index < -0.39 is 41.8 Å². The molecule has 2 aromatic rings. The maximum absolute atomic E-state index is 14.4. The SMILES string of the molecule is COCc1c(F)c(F)c(CO)c(NCc2ccccc2)c1F. The third kappa shape index (κ3) is 3.23. The molecular formula is C16H16F3NO2. The molecule has 0 bridgehead atoms. The minimum absolute atomic E-state index is 0.211. The number of rotatable bonds is 6. The number of ether oxygens (including phenoxy) is 1. The summed E-state index contributed by atoms with van der Waals surface area (Å²) in [6.07, 6.45) is 0. The Balaban J connectivity index is 2.40. The van der Waals surface area contributed by atoms with Crippen molar-refractivity contribution in [2.45, 2.75) is 19.8 Å². The Morgan fingerprint density at radius 3 is 2.23 bits per heavy atom. The molecule has 0 aromatic heterocycles. The van der Waals surface area contributed by atoms with Gasteiger partial charge in [0.2, 0.25) is 0 Å². The number of hydrogen-bond acceptors (Lipinski definition) is 3. The number of nitrogens with one attached hydrogen (secondary N) is 1. The Kier molecular flexibility index (Phi) is 5.41. The molecule has 0 saturated carbocycles. The van der Waals surface area contributed by atoms with Crippen LogP contribution in [0.2, 0.25) is 0 Å². The zero-order chi connectivity index (χ0) is 16.1. The highest BCUT2D eigenvalue weighted by molar-refractivity contribution is 5.56. The van der Waals surface area contributed by atoms with Crippen LogP contribution in [0, 0.1) is 17.5 Å². The minimum atomic E-state index is -1.34. The van der Waals surface area contributed by atoms with Crippen LogP contribution in [0.15, 0.2) is 30.3 Å². The summed E-state index contributed by atoms with van der Waals surface area (Å²) in [7, 11) is 1.26. The number of methoxy groups -OCH3 is 1. The molecule has 22 heavy (non-hydrogen) atoms. The lowest BCUT2D eigenvalue weighted by Gasteiger charge is -2.16. The van der Waals surface area contributed by atoms with E-state index in [-0.39, 0.29) is 12.2 Å². The van der Waals surface area contributed by atoms with Crippen molar-refractivity contribution in [1.82, 2.24) is 0 Å². The van der Waals surface area contributed by atoms with Gasteiger partial charge in [0.25, 0.3) is 0 Å². The Hall–Kier alpha value is -2.05. The van der Waals surface area contributed by atoms with E-state index in [2.05, 4.69) is 5.32 Å². The normalized spacial score (nSPS) is 10.8. The van der Waals surface area contributed by atoms with E-state index in [9.17, 15) is 18.3 Å². The molecule has 2 N–H and O–H groups in total. The summed E-state index contributed by atoms with van der Waals surface area (Å²) in [5.41, 5.74) is -0.361. The fourth-order valence-corrected chi connectivity index (χ4v) is 2.14. The van der Waals surface area contributed by atoms with Crippen LogP contribution in [0.25, 0.3) is 0 Å². The number of anilines is 1. The van der Waals surface area contributed by atoms with Crippen molar-refractivity contribution in [3.63, 3.8) is 0 Å². The van der Waals surface area contributed by atoms with Gasteiger partial charge in [0.05, 0.1) is 24.5 Å². The highest BCUT2D eigenvalue weighted by Gasteiger charge is 2.24. The first-order chi connectivity index (χ1) is 10.6. The van der Waals surface area contributed by atoms with Gasteiger partial charge in [0, 0.05) is 19.2 Å². The number of benzene rings is 2. The third-order valence-corrected chi connectivity index (χ3v) is 3.27. The fourth-order valence-electron chi connectivity index (χ4n) is 2.14. The van der Waals surface area contributed by atoms with Crippen molar-refractivity contribution in [3.8, 4) is 0 Å². The summed E-state index contributed by atoms with van der Waals surface area (Å²) in [6.45, 7) is -1.01. The van der Waals surface area contributed by atoms with E-state index in [0.717, 1.165) is 5.56 Å². The lowest BCUT2D eigenvalue weighted by molar-refractivity contribution is 0.176. The van der Waals surface area contributed by atoms with Crippen molar-refractivity contribution < 1.29 is 23.0 Å². The Bertz CT molecular complexity index is 648. The first kappa shape index (κ1) is 16.3. The van der Waals surface area contributed by atoms with Gasteiger partial charge >= 0.3 is 0 Å². The number of hydrogen-bond donors (Lipinski definition) is 2. The molecule has 0 radical (unpaired) electrons. The maximum atomic E-state index is 14.4. The summed E-state index contributed by atoms with van der Waals surface area (Å²) < 4.78 is 46.9. The predicted molar refractivity (Wildman–Crippen MR) is 76.7 cm³/mol. The van der Waals surface area contributed by atoms with E-state index in [4.69, 9.17) is 4.74 Å². The van der Waals surface area contributed by atoms with Gasteiger partial charge in [-0.05, 0) is 5.56 Å². The zero-order valence-electron chi connectivity index (χ0n) is 12.0. The van der Waals surface area contributed by atoms with Gasteiger partial charge in [-0.15, -0.1) is 0 Å². The Morgan fingerprint density at radius 2 is 1.64 bits per heavy atom. The summed E-state index contributed by atoms with van der Waals surface area (Å²) in [6, 6.07) is 9.06. The van der Waals surface area contributed by atoms with E-state index in [1.54, 1.807) is 12.1 Å². The summed E-state index contributed by atoms with van der Waals surface area (Å²) in [5.74, 6) is -3.57. The second kappa shape index (κ2) is 7.29. The second-order valence-corrected chi connectivity index (χ2v) is 4.70. The highest BCUT2D eigenvalue weighted by atomic mass is 19.2. The fraction of sp³-hybridized carbons (Fsp3) is 0.250. The van der Waals surface area contributed by atoms with Crippen molar-refractivity contribution in [1.29, 1.82) is 0 Å². The van der Waals surface area contributed by atoms with Gasteiger partial charge in [-0.3, -0.25) is 0 Å². The van der Waals surface area contributed by atoms with Crippen LogP contribution < -0.4 is 5.32 Å². The molecule has 0 amide bonds. The molecule has 118 valence electrons. The summed E-state index contributed by atoms with van der Waals surface area (Å²) in [4.78, 5) is 0. The average molecular weight is 311 g/mol. The molecule has 2 rings (SSSR count). The van der Waals surface area contributed by atoms with Crippen LogP contribution >= 0.6 is 0 Å². The predicted octanol–water partition coefficient (Wildman–Crippen LogP) is 3.35. The van der Waals surface area contributed by atoms with Crippen molar-refractivity contribution in [2.24, 2.45) is 0 Å². The first-order valence-electron chi connectivity index (χ1n) is 6.65. The zero-order valence-corrected chi connectivity index (χ0v) is 12.0. The van der Waals surface area contributed by atoms with Gasteiger partial charge in [-0.25, -0.2) is 13.2 Å². The van der Waals surface area contributed by atoms with Crippen LogP contribution in [0.1, 0.15) is 16.7 Å². The lowest BCUT2D eigenvalue weighted by Crippen LogP contribution is -2.12. The van der Waals surface area contributed by atoms with Crippen LogP contribution in [0.3, 0.4) is 0 Å². The van der Waals surface area contributed by atoms with Gasteiger partial charge < -0.3 is 15.2 Å². The molecule has 0 aliphatic rings. The van der Waals surface area contributed by atoms with Crippen LogP contribution in [-0.2, 0) is 24.5 Å². The molecule has 2 aromatic carbocycles.